The zero-order valence-electron chi connectivity index (χ0n) is 71.7. The van der Waals surface area contributed by atoms with Crippen LogP contribution in [0.5, 0.6) is 17.2 Å². The van der Waals surface area contributed by atoms with Crippen molar-refractivity contribution in [3.05, 3.63) is 349 Å². The van der Waals surface area contributed by atoms with Crippen molar-refractivity contribution in [2.75, 3.05) is 33.7 Å². The Morgan fingerprint density at radius 1 is 0.341 bits per heavy atom. The van der Waals surface area contributed by atoms with Gasteiger partial charge < -0.3 is 40.8 Å². The number of aryl methyl sites for hydroxylation is 3. The Labute approximate surface area is 781 Å². The number of anilines is 10. The first-order valence-electron chi connectivity index (χ1n) is 40.9. The smallest absolute Gasteiger partial charge is 0.495 e. The number of alkyl halides is 14. The Hall–Kier alpha value is -17.0. The lowest BCUT2D eigenvalue weighted by Crippen LogP contribution is -2.16. The number of fused-ring (bicyclic) bond motifs is 5. The molecule has 0 saturated carbocycles. The van der Waals surface area contributed by atoms with Crippen LogP contribution in [0.25, 0.3) is 84.6 Å². The van der Waals surface area contributed by atoms with Crippen LogP contribution in [0.2, 0.25) is 10.0 Å². The van der Waals surface area contributed by atoms with Gasteiger partial charge in [0.2, 0.25) is 0 Å². The van der Waals surface area contributed by atoms with Crippen LogP contribution in [-0.4, -0.2) is 112 Å². The SMILES string of the molecule is COc1ccc(Nc2cncc(-c3c(C(F)(F)F)nc4ccccn34)n2)cc1Cl.Cc1nc2ccccc2n1-c1cncc(Nc2ccc(Cl)cc2)n1.Cc1nc2ccccc2n1-c1cncc(Nc2ccc(OC(F)(F)F)cc2)n1.Cc1nc2ccccc2n1-c1cncc(Nc2ccc(OC(F)F)cc2)n1.FC(F)(F)c1ccc(Nc2cccc(-c3c(C(F)(F)F)nc4ccccn34)n2)cc1. The maximum atomic E-state index is 13.6. The van der Waals surface area contributed by atoms with Gasteiger partial charge in [-0.2, -0.15) is 48.3 Å². The molecule has 0 radical (unpaired) electrons. The summed E-state index contributed by atoms with van der Waals surface area (Å²) < 4.78 is 202. The van der Waals surface area contributed by atoms with Gasteiger partial charge in [-0.1, -0.05) is 77.8 Å². The van der Waals surface area contributed by atoms with Crippen LogP contribution in [0.4, 0.5) is 119 Å². The first-order chi connectivity index (χ1) is 66.2. The Morgan fingerprint density at radius 3 is 1.14 bits per heavy atom. The molecule has 0 spiro atoms. The lowest BCUT2D eigenvalue weighted by atomic mass is 10.2. The predicted octanol–water partition coefficient (Wildman–Crippen LogP) is 25.1. The molecule has 0 fully saturated rings. The number of rotatable bonds is 19. The number of aromatic nitrogens is 19. The molecule has 43 heteroatoms. The molecule has 0 amide bonds. The van der Waals surface area contributed by atoms with Gasteiger partial charge in [0.05, 0.1) is 106 Å². The minimum atomic E-state index is -4.72. The zero-order valence-corrected chi connectivity index (χ0v) is 73.2. The molecule has 0 saturated heterocycles. The fraction of sp³-hybridized carbons (Fsp3) is 0.0947. The number of nitrogens with zero attached hydrogens (tertiary/aromatic N) is 19. The summed E-state index contributed by atoms with van der Waals surface area (Å²) in [6.07, 6.45) is -3.11. The van der Waals surface area contributed by atoms with Gasteiger partial charge in [0, 0.05) is 45.9 Å². The average Bonchev–Trinajstić information content (AvgIpc) is 1.61. The Kier molecular flexibility index (Phi) is 27.6. The Bertz CT molecular complexity index is 7700. The van der Waals surface area contributed by atoms with Gasteiger partial charge in [-0.3, -0.25) is 42.4 Å². The fourth-order valence-corrected chi connectivity index (χ4v) is 14.5. The van der Waals surface area contributed by atoms with Crippen LogP contribution in [0.15, 0.2) is 305 Å². The first kappa shape index (κ1) is 94.2. The summed E-state index contributed by atoms with van der Waals surface area (Å²) in [5.41, 5.74) is 5.52. The van der Waals surface area contributed by atoms with Crippen molar-refractivity contribution in [3.63, 3.8) is 0 Å². The van der Waals surface area contributed by atoms with Gasteiger partial charge in [-0.15, -0.1) is 13.2 Å². The van der Waals surface area contributed by atoms with E-state index in [0.29, 0.717) is 67.6 Å². The number of halogens is 16. The lowest BCUT2D eigenvalue weighted by Gasteiger charge is -2.11. The predicted molar refractivity (Wildman–Crippen MR) is 492 cm³/mol. The van der Waals surface area contributed by atoms with E-state index in [0.717, 1.165) is 74.2 Å². The van der Waals surface area contributed by atoms with E-state index in [4.69, 9.17) is 27.9 Å². The van der Waals surface area contributed by atoms with E-state index in [9.17, 15) is 61.5 Å². The number of hydrogen-bond donors (Lipinski definition) is 5. The second-order valence-electron chi connectivity index (χ2n) is 29.4. The number of pyridine rings is 3. The van der Waals surface area contributed by atoms with Gasteiger partial charge >= 0.3 is 31.5 Å². The minimum Gasteiger partial charge on any atom is -0.495 e. The lowest BCUT2D eigenvalue weighted by molar-refractivity contribution is -0.274. The van der Waals surface area contributed by atoms with E-state index < -0.39 is 48.5 Å². The van der Waals surface area contributed by atoms with E-state index in [-0.39, 0.29) is 57.2 Å². The van der Waals surface area contributed by atoms with Crippen molar-refractivity contribution in [1.82, 2.24) is 92.3 Å². The van der Waals surface area contributed by atoms with Crippen LogP contribution in [0.3, 0.4) is 0 Å². The maximum Gasteiger partial charge on any atom is 0.573 e. The summed E-state index contributed by atoms with van der Waals surface area (Å²) in [4.78, 5) is 60.1. The van der Waals surface area contributed by atoms with Crippen molar-refractivity contribution in [3.8, 4) is 57.5 Å². The molecule has 12 aromatic heterocycles. The van der Waals surface area contributed by atoms with E-state index in [1.807, 2.05) is 132 Å². The largest absolute Gasteiger partial charge is 0.573 e. The topological polar surface area (TPSA) is 292 Å². The zero-order chi connectivity index (χ0) is 97.2. The third-order valence-corrected chi connectivity index (χ3v) is 20.5. The van der Waals surface area contributed by atoms with E-state index in [2.05, 4.69) is 106 Å². The molecular formula is C95H68Cl2F14N24O3. The molecule has 27 nitrogen and oxygen atoms in total. The number of para-hydroxylation sites is 6. The summed E-state index contributed by atoms with van der Waals surface area (Å²) in [7, 11) is 1.50. The molecular weight excluding hydrogens is 1860 g/mol. The van der Waals surface area contributed by atoms with Crippen molar-refractivity contribution in [2.45, 2.75) is 52.3 Å². The molecule has 0 atom stereocenters. The monoisotopic (exact) mass is 1930 g/mol. The van der Waals surface area contributed by atoms with Crippen molar-refractivity contribution >= 4 is 125 Å². The first-order valence-corrected chi connectivity index (χ1v) is 41.6. The number of nitrogens with one attached hydrogen (secondary N) is 5. The second-order valence-corrected chi connectivity index (χ2v) is 30.3. The van der Waals surface area contributed by atoms with Gasteiger partial charge in [-0.25, -0.2) is 49.8 Å². The van der Waals surface area contributed by atoms with Crippen LogP contribution in [0, 0.1) is 20.8 Å². The third kappa shape index (κ3) is 22.7. The Balaban J connectivity index is 0.000000125. The normalized spacial score (nSPS) is 11.5. The molecule has 138 heavy (non-hydrogen) atoms. The van der Waals surface area contributed by atoms with Gasteiger partial charge in [0.15, 0.2) is 46.3 Å². The van der Waals surface area contributed by atoms with Crippen molar-refractivity contribution in [2.24, 2.45) is 0 Å². The second kappa shape index (κ2) is 40.4. The van der Waals surface area contributed by atoms with Crippen LogP contribution in [0.1, 0.15) is 34.4 Å². The highest BCUT2D eigenvalue weighted by Gasteiger charge is 2.41. The average molecular weight is 1930 g/mol. The van der Waals surface area contributed by atoms with Crippen LogP contribution < -0.4 is 40.8 Å². The summed E-state index contributed by atoms with van der Waals surface area (Å²) >= 11 is 12.0. The molecule has 0 aliphatic carbocycles. The summed E-state index contributed by atoms with van der Waals surface area (Å²) in [5.74, 6) is 6.71. The molecule has 0 unspecified atom stereocenters. The molecule has 12 heterocycles. The number of imidazole rings is 5. The van der Waals surface area contributed by atoms with Crippen molar-refractivity contribution < 1.29 is 75.7 Å². The van der Waals surface area contributed by atoms with Crippen LogP contribution >= 0.6 is 23.2 Å². The molecule has 0 aliphatic rings. The highest BCUT2D eigenvalue weighted by atomic mass is 35.5. The number of methoxy groups -OCH3 is 1. The highest BCUT2D eigenvalue weighted by molar-refractivity contribution is 6.32. The van der Waals surface area contributed by atoms with Gasteiger partial charge in [0.25, 0.3) is 0 Å². The molecule has 20 rings (SSSR count). The van der Waals surface area contributed by atoms with E-state index in [1.165, 1.54) is 126 Å². The summed E-state index contributed by atoms with van der Waals surface area (Å²) in [6, 6.07) is 65.4. The van der Waals surface area contributed by atoms with E-state index in [1.54, 1.807) is 85.6 Å². The number of hydrogen-bond acceptors (Lipinski definition) is 22. The molecule has 0 bridgehead atoms. The molecule has 20 aromatic rings. The molecule has 0 aliphatic heterocycles. The van der Waals surface area contributed by atoms with Gasteiger partial charge in [-0.05, 0) is 209 Å². The minimum absolute atomic E-state index is 0.0120. The maximum absolute atomic E-state index is 13.6. The summed E-state index contributed by atoms with van der Waals surface area (Å²) in [6.45, 7) is 2.89. The van der Waals surface area contributed by atoms with Crippen molar-refractivity contribution in [1.29, 1.82) is 0 Å². The Morgan fingerprint density at radius 2 is 0.717 bits per heavy atom. The highest BCUT2D eigenvalue weighted by Crippen LogP contribution is 2.41. The number of benzene rings is 8. The van der Waals surface area contributed by atoms with Crippen LogP contribution in [-0.2, 0) is 18.5 Å². The summed E-state index contributed by atoms with van der Waals surface area (Å²) in [5, 5.41) is 16.2. The fourth-order valence-electron chi connectivity index (χ4n) is 14.1. The standard InChI is InChI=1S/C20H12F6N4.C19H13ClF3N5O.C19H14F3N5O.C19H15F2N5O.C18H14ClN5/c21-19(22,23)12-7-9-13(10-8-12)27-15-5-3-4-14(28-15)17-18(20(24,25)26)29-16-6-1-2-11-30(16)17;1-29-14-6-5-11(8-12(14)20)25-15-10-24-9-13(26-15)17-18(19(21,22)23)27-16-4-2-3-7-28(16)17;1-12-24-15-4-2-3-5-16(15)27(12)18-11-23-10-17(26-18)25-13-6-8-14(9-7-13)28-19(20,21)22;1-12-23-15-4-2-3-5-16(15)26(12)18-11-22-10-17(25-18)24-13-6-8-14(9-7-13)27-19(20)21;1-12-21-15-4-2-3-5-16(15)24(12)18-11-20-10-17(23-18)22-14-8-6-13(19)7-9-14/h1-11H,(H,27,28);2-10H,1H3,(H,25,26);2-11H,1H3,(H,25,26);2-11,19H,1H3,(H,24,25);2-11H,1H3,(H,22,23). The third-order valence-electron chi connectivity index (χ3n) is 19.9. The van der Waals surface area contributed by atoms with E-state index >= 15 is 0 Å². The quantitative estimate of drug-likeness (QED) is 0.0470. The van der Waals surface area contributed by atoms with Gasteiger partial charge in [0.1, 0.15) is 74.7 Å². The molecule has 698 valence electrons. The number of ether oxygens (including phenoxy) is 3. The molecule has 8 aromatic carbocycles. The molecule has 5 N–H and O–H groups in total.